The molecule has 38 heavy (non-hydrogen) atoms. The van der Waals surface area contributed by atoms with Crippen molar-refractivity contribution >= 4 is 10.8 Å². The molecule has 8 heteroatoms. The molecule has 0 N–H and O–H groups in total. The van der Waals surface area contributed by atoms with Crippen LogP contribution < -0.4 is 9.47 Å². The average molecular weight is 533 g/mol. The van der Waals surface area contributed by atoms with Crippen molar-refractivity contribution in [1.82, 2.24) is 0 Å². The van der Waals surface area contributed by atoms with Crippen molar-refractivity contribution in [2.24, 2.45) is 0 Å². The highest BCUT2D eigenvalue weighted by molar-refractivity contribution is 5.88. The van der Waals surface area contributed by atoms with Crippen molar-refractivity contribution in [3.63, 3.8) is 0 Å². The molecule has 0 saturated heterocycles. The van der Waals surface area contributed by atoms with Crippen LogP contribution in [0, 0.1) is 17.5 Å². The van der Waals surface area contributed by atoms with Crippen molar-refractivity contribution in [3.8, 4) is 22.6 Å². The first kappa shape index (κ1) is 27.4. The first-order valence-electron chi connectivity index (χ1n) is 12.3. The number of benzene rings is 4. The molecule has 0 aliphatic heterocycles. The molecule has 0 radical (unpaired) electrons. The molecule has 0 aromatic heterocycles. The van der Waals surface area contributed by atoms with E-state index in [9.17, 15) is 22.0 Å². The van der Waals surface area contributed by atoms with Crippen molar-refractivity contribution < 1.29 is 35.8 Å². The number of rotatable bonds is 10. The summed E-state index contributed by atoms with van der Waals surface area (Å²) in [5.41, 5.74) is 2.28. The van der Waals surface area contributed by atoms with Gasteiger partial charge in [0.1, 0.15) is 11.6 Å². The Bertz CT molecular complexity index is 1370. The van der Waals surface area contributed by atoms with E-state index in [4.69, 9.17) is 4.74 Å². The maximum atomic E-state index is 15.2. The second-order valence-electron chi connectivity index (χ2n) is 8.99. The third kappa shape index (κ3) is 6.79. The molecule has 2 nitrogen and oxygen atoms in total. The molecule has 4 aromatic carbocycles. The largest absolute Gasteiger partial charge is 0.573 e. The van der Waals surface area contributed by atoms with E-state index in [1.165, 1.54) is 0 Å². The van der Waals surface area contributed by atoms with E-state index in [1.807, 2.05) is 36.4 Å². The fourth-order valence-electron chi connectivity index (χ4n) is 4.24. The van der Waals surface area contributed by atoms with Crippen molar-refractivity contribution in [2.75, 3.05) is 6.61 Å². The highest BCUT2D eigenvalue weighted by atomic mass is 19.4. The molecule has 0 fully saturated rings. The van der Waals surface area contributed by atoms with Gasteiger partial charge in [-0.15, -0.1) is 13.2 Å². The second kappa shape index (κ2) is 11.8. The zero-order valence-corrected chi connectivity index (χ0v) is 20.7. The van der Waals surface area contributed by atoms with Crippen LogP contribution in [0.4, 0.5) is 26.3 Å². The normalized spacial score (nSPS) is 11.7. The van der Waals surface area contributed by atoms with Crippen molar-refractivity contribution in [1.29, 1.82) is 0 Å². The van der Waals surface area contributed by atoms with Crippen molar-refractivity contribution in [2.45, 2.75) is 45.4 Å². The maximum absolute atomic E-state index is 15.2. The van der Waals surface area contributed by atoms with Gasteiger partial charge < -0.3 is 9.47 Å². The smallest absolute Gasteiger partial charge is 0.494 e. The van der Waals surface area contributed by atoms with E-state index in [2.05, 4.69) is 11.7 Å². The first-order valence-corrected chi connectivity index (χ1v) is 12.3. The van der Waals surface area contributed by atoms with Gasteiger partial charge in [-0.25, -0.2) is 13.2 Å². The van der Waals surface area contributed by atoms with Crippen LogP contribution in [0.2, 0.25) is 0 Å². The summed E-state index contributed by atoms with van der Waals surface area (Å²) in [5.74, 6) is -4.12. The average Bonchev–Trinajstić information content (AvgIpc) is 2.88. The quantitative estimate of drug-likeness (QED) is 0.150. The van der Waals surface area contributed by atoms with Gasteiger partial charge in [-0.2, -0.15) is 0 Å². The monoisotopic (exact) mass is 532 g/mol. The molecule has 0 aliphatic carbocycles. The number of alkyl halides is 3. The summed E-state index contributed by atoms with van der Waals surface area (Å²) >= 11 is 0. The van der Waals surface area contributed by atoms with E-state index < -0.39 is 29.6 Å². The van der Waals surface area contributed by atoms with Gasteiger partial charge in [0.15, 0.2) is 11.6 Å². The van der Waals surface area contributed by atoms with Gasteiger partial charge in [0.2, 0.25) is 5.75 Å². The maximum Gasteiger partial charge on any atom is 0.573 e. The van der Waals surface area contributed by atoms with Crippen LogP contribution >= 0.6 is 0 Å². The standard InChI is InChI=1S/C30H26F6O2/c1-2-3-4-15-37-24-12-9-20(10-13-24)22-11-14-25-23(18-22)8-7-21(28(25)33)6-5-19-16-26(31)29(27(32)17-19)38-30(34,35)36/h7-14,16-18H,2-6,15H2,1H3. The summed E-state index contributed by atoms with van der Waals surface area (Å²) < 4.78 is 89.4. The lowest BCUT2D eigenvalue weighted by Crippen LogP contribution is -2.19. The second-order valence-corrected chi connectivity index (χ2v) is 8.99. The van der Waals surface area contributed by atoms with Crippen LogP contribution in [0.15, 0.2) is 66.7 Å². The van der Waals surface area contributed by atoms with E-state index in [1.54, 1.807) is 18.2 Å². The topological polar surface area (TPSA) is 18.5 Å². The summed E-state index contributed by atoms with van der Waals surface area (Å²) in [4.78, 5) is 0. The Balaban J connectivity index is 1.46. The number of aryl methyl sites for hydroxylation is 2. The predicted molar refractivity (Wildman–Crippen MR) is 135 cm³/mol. The molecule has 0 heterocycles. The van der Waals surface area contributed by atoms with Crippen molar-refractivity contribution in [3.05, 3.63) is 95.3 Å². The minimum Gasteiger partial charge on any atom is -0.494 e. The van der Waals surface area contributed by atoms with Crippen LogP contribution in [0.1, 0.15) is 37.3 Å². The third-order valence-corrected chi connectivity index (χ3v) is 6.20. The lowest BCUT2D eigenvalue weighted by Gasteiger charge is -2.12. The molecular formula is C30H26F6O2. The molecule has 0 atom stereocenters. The lowest BCUT2D eigenvalue weighted by atomic mass is 9.97. The van der Waals surface area contributed by atoms with E-state index in [-0.39, 0.29) is 18.4 Å². The van der Waals surface area contributed by atoms with Gasteiger partial charge in [-0.1, -0.05) is 56.2 Å². The van der Waals surface area contributed by atoms with Gasteiger partial charge in [-0.3, -0.25) is 0 Å². The van der Waals surface area contributed by atoms with Gasteiger partial charge in [0.05, 0.1) is 6.61 Å². The molecule has 0 spiro atoms. The Morgan fingerprint density at radius 3 is 2.08 bits per heavy atom. The van der Waals surface area contributed by atoms with Gasteiger partial charge in [-0.05, 0) is 77.2 Å². The number of hydrogen-bond acceptors (Lipinski definition) is 2. The van der Waals surface area contributed by atoms with Crippen LogP contribution in [-0.4, -0.2) is 13.0 Å². The lowest BCUT2D eigenvalue weighted by molar-refractivity contribution is -0.276. The van der Waals surface area contributed by atoms with Gasteiger partial charge >= 0.3 is 6.36 Å². The first-order chi connectivity index (χ1) is 18.1. The summed E-state index contributed by atoms with van der Waals surface area (Å²) in [6.07, 6.45) is -1.84. The number of hydrogen-bond donors (Lipinski definition) is 0. The Labute approximate surface area is 216 Å². The Hall–Kier alpha value is -3.68. The summed E-state index contributed by atoms with van der Waals surface area (Å²) in [7, 11) is 0. The molecule has 0 unspecified atom stereocenters. The Morgan fingerprint density at radius 1 is 0.737 bits per heavy atom. The van der Waals surface area contributed by atoms with Crippen LogP contribution in [0.25, 0.3) is 21.9 Å². The molecule has 4 aromatic rings. The van der Waals surface area contributed by atoms with E-state index in [0.29, 0.717) is 22.9 Å². The molecule has 0 amide bonds. The van der Waals surface area contributed by atoms with E-state index in [0.717, 1.165) is 48.3 Å². The van der Waals surface area contributed by atoms with E-state index >= 15 is 4.39 Å². The SMILES string of the molecule is CCCCCOc1ccc(-c2ccc3c(F)c(CCc4cc(F)c(OC(F)(F)F)c(F)c4)ccc3c2)cc1. The van der Waals surface area contributed by atoms with Crippen LogP contribution in [0.3, 0.4) is 0 Å². The van der Waals surface area contributed by atoms with Crippen LogP contribution in [-0.2, 0) is 12.8 Å². The Morgan fingerprint density at radius 2 is 1.42 bits per heavy atom. The third-order valence-electron chi connectivity index (χ3n) is 6.20. The number of fused-ring (bicyclic) bond motifs is 1. The highest BCUT2D eigenvalue weighted by Crippen LogP contribution is 2.31. The summed E-state index contributed by atoms with van der Waals surface area (Å²) in [6, 6.07) is 18.0. The summed E-state index contributed by atoms with van der Waals surface area (Å²) in [6.45, 7) is 2.81. The fraction of sp³-hybridized carbons (Fsp3) is 0.267. The molecule has 200 valence electrons. The minimum absolute atomic E-state index is 0.0213. The molecule has 0 aliphatic rings. The predicted octanol–water partition coefficient (Wildman–Crippen LogP) is 9.18. The number of unbranched alkanes of at least 4 members (excludes halogenated alkanes) is 2. The molecule has 0 bridgehead atoms. The zero-order valence-electron chi connectivity index (χ0n) is 20.7. The number of ether oxygens (including phenoxy) is 2. The summed E-state index contributed by atoms with van der Waals surface area (Å²) in [5, 5.41) is 1.09. The molecular weight excluding hydrogens is 506 g/mol. The minimum atomic E-state index is -5.22. The Kier molecular flexibility index (Phi) is 8.49. The molecule has 4 rings (SSSR count). The molecule has 0 saturated carbocycles. The highest BCUT2D eigenvalue weighted by Gasteiger charge is 2.34. The van der Waals surface area contributed by atoms with Gasteiger partial charge in [0, 0.05) is 5.39 Å². The zero-order chi connectivity index (χ0) is 27.3. The van der Waals surface area contributed by atoms with Gasteiger partial charge in [0.25, 0.3) is 0 Å². The number of halogens is 6. The van der Waals surface area contributed by atoms with Crippen LogP contribution in [0.5, 0.6) is 11.5 Å². The fourth-order valence-corrected chi connectivity index (χ4v) is 4.24.